The molecule has 6 heteroatoms. The zero-order valence-electron chi connectivity index (χ0n) is 8.51. The highest BCUT2D eigenvalue weighted by molar-refractivity contribution is 9.10. The monoisotopic (exact) mass is 297 g/mol. The SMILES string of the molecule is COc1cc(Br)ccc1CC(N)C(F)(F)F. The first-order valence-corrected chi connectivity index (χ1v) is 5.28. The van der Waals surface area contributed by atoms with Gasteiger partial charge in [0.05, 0.1) is 7.11 Å². The van der Waals surface area contributed by atoms with Gasteiger partial charge in [-0.1, -0.05) is 22.0 Å². The maximum absolute atomic E-state index is 12.3. The maximum Gasteiger partial charge on any atom is 0.403 e. The second-order valence-corrected chi connectivity index (χ2v) is 4.22. The van der Waals surface area contributed by atoms with Crippen LogP contribution in [-0.2, 0) is 6.42 Å². The highest BCUT2D eigenvalue weighted by Gasteiger charge is 2.36. The summed E-state index contributed by atoms with van der Waals surface area (Å²) >= 11 is 3.21. The fourth-order valence-corrected chi connectivity index (χ4v) is 1.58. The first kappa shape index (κ1) is 13.3. The summed E-state index contributed by atoms with van der Waals surface area (Å²) < 4.78 is 42.6. The van der Waals surface area contributed by atoms with Crippen LogP contribution in [0.2, 0.25) is 0 Å². The summed E-state index contributed by atoms with van der Waals surface area (Å²) in [6, 6.07) is 2.95. The molecule has 1 aromatic carbocycles. The van der Waals surface area contributed by atoms with E-state index in [9.17, 15) is 13.2 Å². The van der Waals surface area contributed by atoms with Crippen LogP contribution >= 0.6 is 15.9 Å². The van der Waals surface area contributed by atoms with Gasteiger partial charge in [0.1, 0.15) is 11.8 Å². The van der Waals surface area contributed by atoms with E-state index in [-0.39, 0.29) is 6.42 Å². The minimum Gasteiger partial charge on any atom is -0.496 e. The number of nitrogens with two attached hydrogens (primary N) is 1. The van der Waals surface area contributed by atoms with E-state index >= 15 is 0 Å². The average molecular weight is 298 g/mol. The quantitative estimate of drug-likeness (QED) is 0.931. The van der Waals surface area contributed by atoms with Gasteiger partial charge in [0, 0.05) is 4.47 Å². The van der Waals surface area contributed by atoms with Gasteiger partial charge in [0.2, 0.25) is 0 Å². The van der Waals surface area contributed by atoms with Gasteiger partial charge in [-0.25, -0.2) is 0 Å². The molecule has 0 heterocycles. The Morgan fingerprint density at radius 3 is 2.56 bits per heavy atom. The van der Waals surface area contributed by atoms with Crippen molar-refractivity contribution in [2.75, 3.05) is 7.11 Å². The Hall–Kier alpha value is -0.750. The molecule has 90 valence electrons. The van der Waals surface area contributed by atoms with E-state index in [1.807, 2.05) is 0 Å². The van der Waals surface area contributed by atoms with Crippen molar-refractivity contribution >= 4 is 15.9 Å². The zero-order valence-corrected chi connectivity index (χ0v) is 10.1. The second kappa shape index (κ2) is 5.05. The Balaban J connectivity index is 2.89. The zero-order chi connectivity index (χ0) is 12.3. The molecule has 0 aromatic heterocycles. The predicted octanol–water partition coefficient (Wildman–Crippen LogP) is 2.89. The highest BCUT2D eigenvalue weighted by Crippen LogP contribution is 2.28. The van der Waals surface area contributed by atoms with E-state index in [2.05, 4.69) is 15.9 Å². The van der Waals surface area contributed by atoms with Gasteiger partial charge in [0.25, 0.3) is 0 Å². The molecule has 1 unspecified atom stereocenters. The van der Waals surface area contributed by atoms with E-state index in [1.54, 1.807) is 18.2 Å². The highest BCUT2D eigenvalue weighted by atomic mass is 79.9. The third-order valence-corrected chi connectivity index (χ3v) is 2.60. The summed E-state index contributed by atoms with van der Waals surface area (Å²) in [6.07, 6.45) is -4.68. The lowest BCUT2D eigenvalue weighted by Gasteiger charge is -2.17. The molecular weight excluding hydrogens is 287 g/mol. The lowest BCUT2D eigenvalue weighted by molar-refractivity contribution is -0.147. The van der Waals surface area contributed by atoms with Gasteiger partial charge < -0.3 is 10.5 Å². The second-order valence-electron chi connectivity index (χ2n) is 3.31. The number of methoxy groups -OCH3 is 1. The maximum atomic E-state index is 12.3. The van der Waals surface area contributed by atoms with Crippen LogP contribution < -0.4 is 10.5 Å². The number of hydrogen-bond donors (Lipinski definition) is 1. The number of ether oxygens (including phenoxy) is 1. The van der Waals surface area contributed by atoms with E-state index < -0.39 is 12.2 Å². The Labute approximate surface area is 99.7 Å². The smallest absolute Gasteiger partial charge is 0.403 e. The van der Waals surface area contributed by atoms with Crippen LogP contribution in [0, 0.1) is 0 Å². The molecule has 0 aliphatic heterocycles. The van der Waals surface area contributed by atoms with Crippen molar-refractivity contribution in [3.63, 3.8) is 0 Å². The molecule has 2 nitrogen and oxygen atoms in total. The van der Waals surface area contributed by atoms with Crippen LogP contribution in [0.25, 0.3) is 0 Å². The van der Waals surface area contributed by atoms with E-state index in [0.717, 1.165) is 4.47 Å². The first-order valence-electron chi connectivity index (χ1n) is 4.49. The Morgan fingerprint density at radius 2 is 2.06 bits per heavy atom. The number of alkyl halides is 3. The van der Waals surface area contributed by atoms with E-state index in [0.29, 0.717) is 11.3 Å². The van der Waals surface area contributed by atoms with Gasteiger partial charge in [0.15, 0.2) is 0 Å². The number of hydrogen-bond acceptors (Lipinski definition) is 2. The van der Waals surface area contributed by atoms with Crippen molar-refractivity contribution in [2.45, 2.75) is 18.6 Å². The van der Waals surface area contributed by atoms with Gasteiger partial charge in [-0.2, -0.15) is 13.2 Å². The number of halogens is 4. The van der Waals surface area contributed by atoms with Gasteiger partial charge in [-0.05, 0) is 24.1 Å². The van der Waals surface area contributed by atoms with Crippen LogP contribution in [0.4, 0.5) is 13.2 Å². The first-order chi connectivity index (χ1) is 7.34. The topological polar surface area (TPSA) is 35.2 Å². The van der Waals surface area contributed by atoms with Gasteiger partial charge >= 0.3 is 6.18 Å². The third-order valence-electron chi connectivity index (χ3n) is 2.11. The molecule has 1 rings (SSSR count). The summed E-state index contributed by atoms with van der Waals surface area (Å²) in [5, 5.41) is 0. The van der Waals surface area contributed by atoms with Crippen LogP contribution in [-0.4, -0.2) is 19.3 Å². The van der Waals surface area contributed by atoms with Crippen molar-refractivity contribution < 1.29 is 17.9 Å². The third kappa shape index (κ3) is 3.38. The van der Waals surface area contributed by atoms with Crippen molar-refractivity contribution in [3.8, 4) is 5.75 Å². The molecule has 16 heavy (non-hydrogen) atoms. The summed E-state index contributed by atoms with van der Waals surface area (Å²) in [5.74, 6) is 0.397. The molecule has 2 N–H and O–H groups in total. The molecule has 1 atom stereocenters. The molecular formula is C10H11BrF3NO. The summed E-state index contributed by atoms with van der Waals surface area (Å²) in [5.41, 5.74) is 5.49. The standard InChI is InChI=1S/C10H11BrF3NO/c1-16-8-5-7(11)3-2-6(8)4-9(15)10(12,13)14/h2-3,5,9H,4,15H2,1H3. The summed E-state index contributed by atoms with van der Waals surface area (Å²) in [4.78, 5) is 0. The molecule has 0 spiro atoms. The summed E-state index contributed by atoms with van der Waals surface area (Å²) in [7, 11) is 1.41. The van der Waals surface area contributed by atoms with Crippen LogP contribution in [0.3, 0.4) is 0 Å². The lowest BCUT2D eigenvalue weighted by Crippen LogP contribution is -2.39. The number of benzene rings is 1. The van der Waals surface area contributed by atoms with Crippen LogP contribution in [0.15, 0.2) is 22.7 Å². The minimum atomic E-state index is -4.39. The Bertz CT molecular complexity index is 368. The Morgan fingerprint density at radius 1 is 1.44 bits per heavy atom. The van der Waals surface area contributed by atoms with E-state index in [4.69, 9.17) is 10.5 Å². The molecule has 0 radical (unpaired) electrons. The summed E-state index contributed by atoms with van der Waals surface area (Å²) in [6.45, 7) is 0. The van der Waals surface area contributed by atoms with Gasteiger partial charge in [-0.15, -0.1) is 0 Å². The number of rotatable bonds is 3. The normalized spacial score (nSPS) is 13.6. The molecule has 1 aromatic rings. The van der Waals surface area contributed by atoms with Crippen molar-refractivity contribution in [2.24, 2.45) is 5.73 Å². The largest absolute Gasteiger partial charge is 0.496 e. The van der Waals surface area contributed by atoms with Crippen molar-refractivity contribution in [1.82, 2.24) is 0 Å². The predicted molar refractivity (Wildman–Crippen MR) is 58.4 cm³/mol. The molecule has 0 bridgehead atoms. The average Bonchev–Trinajstić information content (AvgIpc) is 2.19. The molecule has 0 fully saturated rings. The molecule has 0 saturated heterocycles. The fraction of sp³-hybridized carbons (Fsp3) is 0.400. The molecule has 0 saturated carbocycles. The fourth-order valence-electron chi connectivity index (χ4n) is 1.24. The molecule has 0 amide bonds. The Kier molecular flexibility index (Phi) is 4.21. The minimum absolute atomic E-state index is 0.292. The van der Waals surface area contributed by atoms with Crippen LogP contribution in [0.5, 0.6) is 5.75 Å². The van der Waals surface area contributed by atoms with E-state index in [1.165, 1.54) is 7.11 Å². The van der Waals surface area contributed by atoms with Crippen molar-refractivity contribution in [1.29, 1.82) is 0 Å². The lowest BCUT2D eigenvalue weighted by atomic mass is 10.1. The van der Waals surface area contributed by atoms with Crippen molar-refractivity contribution in [3.05, 3.63) is 28.2 Å². The van der Waals surface area contributed by atoms with Crippen LogP contribution in [0.1, 0.15) is 5.56 Å². The molecule has 0 aliphatic carbocycles. The van der Waals surface area contributed by atoms with Gasteiger partial charge in [-0.3, -0.25) is 0 Å². The molecule has 0 aliphatic rings.